The second kappa shape index (κ2) is 11.6. The standard InChI is InChI=1S/C13H19NO3S2Si.4H2S/c1-12(15-2,16-3)13(20,17-4)8-6-5-7-9-10(8)14-11(18)19-9;;;;/h5-7H,1-4,20H3,(H,14,18);4*1H2. The summed E-state index contributed by atoms with van der Waals surface area (Å²) in [5.41, 5.74) is 1.88. The van der Waals surface area contributed by atoms with Crippen LogP contribution in [0.25, 0.3) is 10.2 Å². The second-order valence-corrected chi connectivity index (χ2v) is 7.91. The number of hydrogen-bond donors (Lipinski definition) is 1. The van der Waals surface area contributed by atoms with Gasteiger partial charge in [-0.1, -0.05) is 12.1 Å². The van der Waals surface area contributed by atoms with Crippen molar-refractivity contribution < 1.29 is 14.2 Å². The molecule has 11 heteroatoms. The van der Waals surface area contributed by atoms with Gasteiger partial charge in [0.15, 0.2) is 5.79 Å². The normalized spacial score (nSPS) is 13.0. The molecule has 0 radical (unpaired) electrons. The van der Waals surface area contributed by atoms with Crippen molar-refractivity contribution >= 4 is 98.4 Å². The number of para-hydroxylation sites is 1. The third-order valence-corrected chi connectivity index (χ3v) is 7.03. The van der Waals surface area contributed by atoms with Crippen LogP contribution in [0.2, 0.25) is 0 Å². The molecule has 2 rings (SSSR count). The Labute approximate surface area is 184 Å². The van der Waals surface area contributed by atoms with Gasteiger partial charge in [0.05, 0.1) is 20.5 Å². The summed E-state index contributed by atoms with van der Waals surface area (Å²) in [5, 5.41) is -0.662. The number of hydrogen-bond acceptors (Lipinski definition) is 6. The van der Waals surface area contributed by atoms with E-state index in [0.717, 1.165) is 20.1 Å². The zero-order valence-electron chi connectivity index (χ0n) is 14.3. The van der Waals surface area contributed by atoms with E-state index in [2.05, 4.69) is 17.6 Å². The number of aromatic nitrogens is 1. The van der Waals surface area contributed by atoms with Gasteiger partial charge in [-0.25, -0.2) is 4.98 Å². The number of methoxy groups -OCH3 is 3. The Balaban J connectivity index is -0.00000110. The average molecular weight is 466 g/mol. The predicted octanol–water partition coefficient (Wildman–Crippen LogP) is 2.21. The first-order valence-corrected chi connectivity index (χ1v) is 8.42. The molecule has 142 valence electrons. The van der Waals surface area contributed by atoms with Crippen LogP contribution in [0.15, 0.2) is 22.5 Å². The molecule has 4 nitrogen and oxygen atoms in total. The lowest BCUT2D eigenvalue weighted by Crippen LogP contribution is -2.54. The number of thiol groups is 1. The maximum absolute atomic E-state index is 5.84. The molecular weight excluding hydrogens is 439 g/mol. The van der Waals surface area contributed by atoms with Gasteiger partial charge in [-0.2, -0.15) is 54.0 Å². The van der Waals surface area contributed by atoms with Crippen molar-refractivity contribution in [3.63, 3.8) is 0 Å². The number of benzene rings is 1. The van der Waals surface area contributed by atoms with E-state index >= 15 is 0 Å². The van der Waals surface area contributed by atoms with Crippen LogP contribution in [-0.2, 0) is 19.4 Å². The summed E-state index contributed by atoms with van der Waals surface area (Å²) in [6, 6.07) is 6.05. The summed E-state index contributed by atoms with van der Waals surface area (Å²) in [4.78, 5) is 4.52. The highest BCUT2D eigenvalue weighted by Gasteiger charge is 2.48. The van der Waals surface area contributed by atoms with Crippen LogP contribution in [0, 0.1) is 0 Å². The molecule has 0 fully saturated rings. The molecule has 0 N–H and O–H groups in total. The molecule has 0 bridgehead atoms. The van der Waals surface area contributed by atoms with Crippen molar-refractivity contribution in [3.8, 4) is 0 Å². The minimum absolute atomic E-state index is 0. The zero-order chi connectivity index (χ0) is 15.0. The molecule has 0 aliphatic rings. The van der Waals surface area contributed by atoms with E-state index in [1.807, 2.05) is 25.1 Å². The van der Waals surface area contributed by atoms with Gasteiger partial charge in [0.25, 0.3) is 0 Å². The highest BCUT2D eigenvalue weighted by Crippen LogP contribution is 2.40. The molecule has 2 aromatic rings. The van der Waals surface area contributed by atoms with E-state index in [4.69, 9.17) is 14.2 Å². The van der Waals surface area contributed by atoms with Crippen molar-refractivity contribution in [2.45, 2.75) is 22.3 Å². The molecular formula is C13H27NO3S6Si. The predicted molar refractivity (Wildman–Crippen MR) is 129 cm³/mol. The molecule has 1 heterocycles. The maximum Gasteiger partial charge on any atom is 0.194 e. The minimum atomic E-state index is -0.872. The van der Waals surface area contributed by atoms with E-state index in [9.17, 15) is 0 Å². The number of thiazole rings is 1. The second-order valence-electron chi connectivity index (χ2n) is 4.74. The largest absolute Gasteiger partial charge is 0.373 e. The fourth-order valence-electron chi connectivity index (χ4n) is 2.33. The van der Waals surface area contributed by atoms with Crippen LogP contribution >= 0.6 is 77.9 Å². The Morgan fingerprint density at radius 2 is 1.58 bits per heavy atom. The summed E-state index contributed by atoms with van der Waals surface area (Å²) >= 11 is 5.90. The van der Waals surface area contributed by atoms with Crippen LogP contribution < -0.4 is 0 Å². The first-order chi connectivity index (χ1) is 9.41. The highest BCUT2D eigenvalue weighted by molar-refractivity contribution is 7.82. The molecule has 0 spiro atoms. The number of ether oxygens (including phenoxy) is 3. The van der Waals surface area contributed by atoms with Gasteiger partial charge in [-0.3, -0.25) is 0 Å². The van der Waals surface area contributed by atoms with Crippen LogP contribution in [0.5, 0.6) is 0 Å². The van der Waals surface area contributed by atoms with Crippen LogP contribution in [0.3, 0.4) is 0 Å². The van der Waals surface area contributed by atoms with Gasteiger partial charge < -0.3 is 14.2 Å². The van der Waals surface area contributed by atoms with E-state index in [1.54, 1.807) is 32.7 Å². The SMILES string of the molecule is COC(C)(OC)C([SiH3])(OC)c1cccc2sc(S)nc12.S.S.S.S. The van der Waals surface area contributed by atoms with Gasteiger partial charge in [-0.15, -0.1) is 24.0 Å². The quantitative estimate of drug-likeness (QED) is 0.418. The topological polar surface area (TPSA) is 40.6 Å². The summed E-state index contributed by atoms with van der Waals surface area (Å²) < 4.78 is 18.9. The van der Waals surface area contributed by atoms with E-state index < -0.39 is 11.0 Å². The van der Waals surface area contributed by atoms with Crippen molar-refractivity contribution in [1.29, 1.82) is 0 Å². The molecule has 1 aromatic carbocycles. The van der Waals surface area contributed by atoms with Crippen molar-refractivity contribution in [3.05, 3.63) is 23.8 Å². The third kappa shape index (κ3) is 5.02. The highest BCUT2D eigenvalue weighted by atomic mass is 32.2. The van der Waals surface area contributed by atoms with Gasteiger partial charge in [0, 0.05) is 26.9 Å². The maximum atomic E-state index is 5.84. The minimum Gasteiger partial charge on any atom is -0.373 e. The van der Waals surface area contributed by atoms with Crippen molar-refractivity contribution in [2.75, 3.05) is 21.3 Å². The first-order valence-electron chi connectivity index (χ1n) is 6.16. The summed E-state index contributed by atoms with van der Waals surface area (Å²) in [5.74, 6) is -0.872. The van der Waals surface area contributed by atoms with Gasteiger partial charge in [0.1, 0.15) is 9.56 Å². The Hall–Kier alpha value is 0.957. The van der Waals surface area contributed by atoms with E-state index in [1.165, 1.54) is 0 Å². The monoisotopic (exact) mass is 465 g/mol. The Kier molecular flexibility index (Phi) is 14.4. The summed E-state index contributed by atoms with van der Waals surface area (Å²) in [7, 11) is 5.61. The summed E-state index contributed by atoms with van der Waals surface area (Å²) in [6.07, 6.45) is 0. The molecule has 0 aliphatic carbocycles. The molecule has 0 saturated heterocycles. The summed E-state index contributed by atoms with van der Waals surface area (Å²) in [6.45, 7) is 1.89. The van der Waals surface area contributed by atoms with E-state index in [0.29, 0.717) is 10.2 Å². The molecule has 1 atom stereocenters. The Bertz CT molecular complexity index is 625. The lowest BCUT2D eigenvalue weighted by Gasteiger charge is -2.43. The molecule has 0 amide bonds. The Morgan fingerprint density at radius 1 is 1.04 bits per heavy atom. The average Bonchev–Trinajstić information content (AvgIpc) is 2.85. The van der Waals surface area contributed by atoms with Crippen LogP contribution in [0.4, 0.5) is 0 Å². The van der Waals surface area contributed by atoms with Gasteiger partial charge in [0.2, 0.25) is 0 Å². The third-order valence-electron chi connectivity index (χ3n) is 3.98. The fraction of sp³-hybridized carbons (Fsp3) is 0.462. The van der Waals surface area contributed by atoms with Crippen molar-refractivity contribution in [1.82, 2.24) is 4.98 Å². The smallest absolute Gasteiger partial charge is 0.194 e. The molecule has 1 unspecified atom stereocenters. The molecule has 24 heavy (non-hydrogen) atoms. The molecule has 1 aromatic heterocycles. The molecule has 0 saturated carbocycles. The number of nitrogens with zero attached hydrogens (tertiary/aromatic N) is 1. The fourth-order valence-corrected chi connectivity index (χ4v) is 4.27. The number of rotatable bonds is 5. The van der Waals surface area contributed by atoms with Crippen molar-refractivity contribution in [2.24, 2.45) is 0 Å². The zero-order valence-corrected chi connectivity index (χ0v) is 22.0. The first kappa shape index (κ1) is 29.7. The number of fused-ring (bicyclic) bond motifs is 1. The Morgan fingerprint density at radius 3 is 2.04 bits per heavy atom. The van der Waals surface area contributed by atoms with Gasteiger partial charge >= 0.3 is 0 Å². The van der Waals surface area contributed by atoms with Gasteiger partial charge in [-0.05, 0) is 13.0 Å². The van der Waals surface area contributed by atoms with Crippen LogP contribution in [-0.4, -0.2) is 42.3 Å². The molecule has 0 aliphatic heterocycles. The van der Waals surface area contributed by atoms with E-state index in [-0.39, 0.29) is 54.0 Å². The lowest BCUT2D eigenvalue weighted by molar-refractivity contribution is -0.274. The van der Waals surface area contributed by atoms with Crippen LogP contribution in [0.1, 0.15) is 12.5 Å². The lowest BCUT2D eigenvalue weighted by atomic mass is 9.99.